The van der Waals surface area contributed by atoms with Gasteiger partial charge >= 0.3 is 0 Å². The third-order valence-electron chi connectivity index (χ3n) is 2.24. The van der Waals surface area contributed by atoms with Crippen LogP contribution in [0.25, 0.3) is 0 Å². The minimum Gasteiger partial charge on any atom is -0.377 e. The Bertz CT molecular complexity index is 173. The molecule has 0 spiro atoms. The summed E-state index contributed by atoms with van der Waals surface area (Å²) in [4.78, 5) is 13.6. The van der Waals surface area contributed by atoms with Gasteiger partial charge in [-0.15, -0.1) is 0 Å². The fourth-order valence-corrected chi connectivity index (χ4v) is 1.48. The largest absolute Gasteiger partial charge is 0.377 e. The summed E-state index contributed by atoms with van der Waals surface area (Å²) >= 11 is 0. The fraction of sp³-hybridized carbons (Fsp3) is 0.889. The van der Waals surface area contributed by atoms with Crippen LogP contribution in [0.15, 0.2) is 0 Å². The Morgan fingerprint density at radius 2 is 2.46 bits per heavy atom. The third-order valence-corrected chi connectivity index (χ3v) is 2.24. The van der Waals surface area contributed by atoms with Gasteiger partial charge in [-0.1, -0.05) is 6.92 Å². The molecule has 0 bridgehead atoms. The van der Waals surface area contributed by atoms with Crippen LogP contribution in [0.2, 0.25) is 0 Å². The Hall–Kier alpha value is -0.610. The minimum atomic E-state index is -0.158. The SMILES string of the molecule is CCCN1CCOCC(NC)C1=O. The van der Waals surface area contributed by atoms with Crippen molar-refractivity contribution < 1.29 is 9.53 Å². The highest BCUT2D eigenvalue weighted by molar-refractivity contribution is 5.82. The van der Waals surface area contributed by atoms with Crippen molar-refractivity contribution in [2.24, 2.45) is 0 Å². The predicted octanol–water partition coefficient (Wildman–Crippen LogP) is -0.157. The molecule has 1 heterocycles. The van der Waals surface area contributed by atoms with Crippen LogP contribution >= 0.6 is 0 Å². The van der Waals surface area contributed by atoms with Crippen molar-refractivity contribution in [1.29, 1.82) is 0 Å². The molecule has 1 aliphatic heterocycles. The van der Waals surface area contributed by atoms with E-state index in [9.17, 15) is 4.79 Å². The van der Waals surface area contributed by atoms with Gasteiger partial charge in [0.25, 0.3) is 0 Å². The van der Waals surface area contributed by atoms with Crippen LogP contribution in [-0.2, 0) is 9.53 Å². The maximum Gasteiger partial charge on any atom is 0.242 e. The molecule has 0 aromatic carbocycles. The second-order valence-electron chi connectivity index (χ2n) is 3.24. The molecule has 1 aliphatic rings. The summed E-state index contributed by atoms with van der Waals surface area (Å²) in [5, 5.41) is 2.97. The molecule has 76 valence electrons. The van der Waals surface area contributed by atoms with Gasteiger partial charge in [0.15, 0.2) is 0 Å². The van der Waals surface area contributed by atoms with E-state index in [2.05, 4.69) is 12.2 Å². The van der Waals surface area contributed by atoms with Crippen molar-refractivity contribution in [3.63, 3.8) is 0 Å². The minimum absolute atomic E-state index is 0.158. The quantitative estimate of drug-likeness (QED) is 0.666. The van der Waals surface area contributed by atoms with Gasteiger partial charge in [-0.2, -0.15) is 0 Å². The molecule has 1 saturated heterocycles. The van der Waals surface area contributed by atoms with E-state index in [4.69, 9.17) is 4.74 Å². The van der Waals surface area contributed by atoms with E-state index >= 15 is 0 Å². The van der Waals surface area contributed by atoms with E-state index in [1.54, 1.807) is 7.05 Å². The predicted molar refractivity (Wildman–Crippen MR) is 50.5 cm³/mol. The molecule has 0 aromatic rings. The van der Waals surface area contributed by atoms with Crippen LogP contribution in [0.4, 0.5) is 0 Å². The highest BCUT2D eigenvalue weighted by Gasteiger charge is 2.25. The highest BCUT2D eigenvalue weighted by atomic mass is 16.5. The molecule has 1 rings (SSSR count). The smallest absolute Gasteiger partial charge is 0.242 e. The van der Waals surface area contributed by atoms with E-state index in [0.717, 1.165) is 19.5 Å². The Balaban J connectivity index is 2.56. The van der Waals surface area contributed by atoms with Crippen LogP contribution in [0, 0.1) is 0 Å². The second kappa shape index (κ2) is 5.19. The topological polar surface area (TPSA) is 41.6 Å². The van der Waals surface area contributed by atoms with Gasteiger partial charge in [0.05, 0.1) is 13.2 Å². The van der Waals surface area contributed by atoms with E-state index in [0.29, 0.717) is 13.2 Å². The van der Waals surface area contributed by atoms with Gasteiger partial charge in [-0.3, -0.25) is 4.79 Å². The van der Waals surface area contributed by atoms with Gasteiger partial charge in [-0.05, 0) is 13.5 Å². The lowest BCUT2D eigenvalue weighted by Crippen LogP contribution is -2.46. The Kier molecular flexibility index (Phi) is 4.18. The first-order chi connectivity index (χ1) is 6.29. The number of carbonyl (C=O) groups excluding carboxylic acids is 1. The monoisotopic (exact) mass is 186 g/mol. The van der Waals surface area contributed by atoms with Crippen LogP contribution in [0.5, 0.6) is 0 Å². The molecule has 1 N–H and O–H groups in total. The summed E-state index contributed by atoms with van der Waals surface area (Å²) in [5.41, 5.74) is 0. The second-order valence-corrected chi connectivity index (χ2v) is 3.24. The van der Waals surface area contributed by atoms with Crippen molar-refractivity contribution in [2.45, 2.75) is 19.4 Å². The normalized spacial score (nSPS) is 24.6. The first kappa shape index (κ1) is 10.5. The molecule has 1 amide bonds. The lowest BCUT2D eigenvalue weighted by Gasteiger charge is -2.22. The maximum atomic E-state index is 11.7. The molecular weight excluding hydrogens is 168 g/mol. The van der Waals surface area contributed by atoms with Crippen molar-refractivity contribution >= 4 is 5.91 Å². The van der Waals surface area contributed by atoms with Gasteiger partial charge in [0.1, 0.15) is 6.04 Å². The number of likely N-dealkylation sites (N-methyl/N-ethyl adjacent to an activating group) is 1. The standard InChI is InChI=1S/C9H18N2O2/c1-3-4-11-5-6-13-7-8(10-2)9(11)12/h8,10H,3-7H2,1-2H3. The molecule has 4 nitrogen and oxygen atoms in total. The lowest BCUT2D eigenvalue weighted by molar-refractivity contribution is -0.132. The Morgan fingerprint density at radius 3 is 3.08 bits per heavy atom. The molecule has 13 heavy (non-hydrogen) atoms. The van der Waals surface area contributed by atoms with Gasteiger partial charge in [-0.25, -0.2) is 0 Å². The number of nitrogens with one attached hydrogen (secondary N) is 1. The van der Waals surface area contributed by atoms with Crippen LogP contribution in [0.3, 0.4) is 0 Å². The van der Waals surface area contributed by atoms with Crippen molar-refractivity contribution in [3.8, 4) is 0 Å². The molecule has 1 atom stereocenters. The summed E-state index contributed by atoms with van der Waals surface area (Å²) in [6.45, 7) is 4.79. The summed E-state index contributed by atoms with van der Waals surface area (Å²) in [7, 11) is 1.79. The Labute approximate surface area is 79.2 Å². The third kappa shape index (κ3) is 2.67. The number of ether oxygens (including phenoxy) is 1. The Morgan fingerprint density at radius 1 is 1.69 bits per heavy atom. The van der Waals surface area contributed by atoms with Crippen LogP contribution in [0.1, 0.15) is 13.3 Å². The van der Waals surface area contributed by atoms with E-state index < -0.39 is 0 Å². The summed E-state index contributed by atoms with van der Waals surface area (Å²) < 4.78 is 5.32. The molecule has 0 aliphatic carbocycles. The first-order valence-corrected chi connectivity index (χ1v) is 4.83. The molecule has 0 radical (unpaired) electrons. The zero-order valence-electron chi connectivity index (χ0n) is 8.38. The zero-order chi connectivity index (χ0) is 9.68. The molecule has 4 heteroatoms. The fourth-order valence-electron chi connectivity index (χ4n) is 1.48. The van der Waals surface area contributed by atoms with Gasteiger partial charge < -0.3 is 15.0 Å². The summed E-state index contributed by atoms with van der Waals surface area (Å²) in [6, 6.07) is -0.158. The van der Waals surface area contributed by atoms with E-state index in [1.165, 1.54) is 0 Å². The van der Waals surface area contributed by atoms with E-state index in [1.807, 2.05) is 4.90 Å². The number of rotatable bonds is 3. The van der Waals surface area contributed by atoms with E-state index in [-0.39, 0.29) is 11.9 Å². The molecule has 0 aromatic heterocycles. The molecular formula is C9H18N2O2. The average Bonchev–Trinajstić information content (AvgIpc) is 2.30. The number of carbonyl (C=O) groups is 1. The molecule has 1 unspecified atom stereocenters. The highest BCUT2D eigenvalue weighted by Crippen LogP contribution is 2.02. The summed E-state index contributed by atoms with van der Waals surface area (Å²) in [5.74, 6) is 0.168. The number of hydrogen-bond donors (Lipinski definition) is 1. The van der Waals surface area contributed by atoms with Crippen LogP contribution in [-0.4, -0.2) is 50.2 Å². The molecule has 1 fully saturated rings. The number of amides is 1. The van der Waals surface area contributed by atoms with Crippen LogP contribution < -0.4 is 5.32 Å². The van der Waals surface area contributed by atoms with Crippen molar-refractivity contribution in [3.05, 3.63) is 0 Å². The summed E-state index contributed by atoms with van der Waals surface area (Å²) in [6.07, 6.45) is 1.00. The van der Waals surface area contributed by atoms with Crippen molar-refractivity contribution in [2.75, 3.05) is 33.4 Å². The average molecular weight is 186 g/mol. The molecule has 0 saturated carbocycles. The maximum absolute atomic E-state index is 11.7. The van der Waals surface area contributed by atoms with Gasteiger partial charge in [0.2, 0.25) is 5.91 Å². The number of nitrogens with zero attached hydrogens (tertiary/aromatic N) is 1. The van der Waals surface area contributed by atoms with Crippen molar-refractivity contribution in [1.82, 2.24) is 10.2 Å². The first-order valence-electron chi connectivity index (χ1n) is 4.83. The van der Waals surface area contributed by atoms with Gasteiger partial charge in [0, 0.05) is 13.1 Å². The zero-order valence-corrected chi connectivity index (χ0v) is 8.38. The lowest BCUT2D eigenvalue weighted by atomic mass is 10.2. The number of hydrogen-bond acceptors (Lipinski definition) is 3.